The number of carbonyl (C=O) groups is 2. The maximum Gasteiger partial charge on any atom is 0.373 e. The first-order valence-corrected chi connectivity index (χ1v) is 17.0. The lowest BCUT2D eigenvalue weighted by atomic mass is 10.0. The number of methoxy groups -OCH3 is 5. The Hall–Kier alpha value is -6.82. The van der Waals surface area contributed by atoms with Crippen LogP contribution in [0, 0.1) is 13.8 Å². The molecule has 0 spiro atoms. The summed E-state index contributed by atoms with van der Waals surface area (Å²) in [5.41, 5.74) is 5.38. The van der Waals surface area contributed by atoms with Gasteiger partial charge in [0.25, 0.3) is 0 Å². The van der Waals surface area contributed by atoms with Crippen LogP contribution in [0.25, 0.3) is 22.3 Å². The van der Waals surface area contributed by atoms with Crippen LogP contribution in [0.5, 0.6) is 34.5 Å². The molecule has 12 nitrogen and oxygen atoms in total. The topological polar surface area (TPSA) is 145 Å². The zero-order valence-electron chi connectivity index (χ0n) is 31.6. The van der Waals surface area contributed by atoms with Crippen LogP contribution in [0.15, 0.2) is 106 Å². The second-order valence-electron chi connectivity index (χ2n) is 11.9. The van der Waals surface area contributed by atoms with Gasteiger partial charge in [0, 0.05) is 34.4 Å². The van der Waals surface area contributed by atoms with E-state index in [9.17, 15) is 9.59 Å². The summed E-state index contributed by atoms with van der Waals surface area (Å²) >= 11 is 0. The highest BCUT2D eigenvalue weighted by Crippen LogP contribution is 2.35. The smallest absolute Gasteiger partial charge is 0.373 e. The number of hydrogen-bond acceptors (Lipinski definition) is 11. The number of aromatic carboxylic acids is 1. The summed E-state index contributed by atoms with van der Waals surface area (Å²) in [5.74, 6) is 3.93. The van der Waals surface area contributed by atoms with Gasteiger partial charge in [-0.3, -0.25) is 0 Å². The van der Waals surface area contributed by atoms with Crippen LogP contribution in [0.2, 0.25) is 0 Å². The summed E-state index contributed by atoms with van der Waals surface area (Å²) in [5, 5.41) is 8.97. The van der Waals surface area contributed by atoms with Crippen molar-refractivity contribution in [1.82, 2.24) is 0 Å². The molecule has 0 saturated heterocycles. The monoisotopic (exact) mass is 750 g/mol. The number of hydrogen-bond donors (Lipinski definition) is 1. The molecule has 6 aromatic rings. The Balaban J connectivity index is 0.000000211. The Morgan fingerprint density at radius 3 is 1.29 bits per heavy atom. The van der Waals surface area contributed by atoms with Crippen LogP contribution in [0.3, 0.4) is 0 Å². The molecule has 0 radical (unpaired) electrons. The molecule has 12 heteroatoms. The van der Waals surface area contributed by atoms with Gasteiger partial charge in [0.1, 0.15) is 59.2 Å². The number of esters is 1. The minimum Gasteiger partial charge on any atom is -0.497 e. The highest BCUT2D eigenvalue weighted by atomic mass is 16.5. The molecule has 1 N–H and O–H groups in total. The first-order chi connectivity index (χ1) is 26.6. The van der Waals surface area contributed by atoms with Gasteiger partial charge in [-0.15, -0.1) is 0 Å². The van der Waals surface area contributed by atoms with E-state index in [1.54, 1.807) is 48.4 Å². The van der Waals surface area contributed by atoms with Crippen molar-refractivity contribution in [3.63, 3.8) is 0 Å². The maximum absolute atomic E-state index is 11.5. The van der Waals surface area contributed by atoms with Gasteiger partial charge >= 0.3 is 11.9 Å². The summed E-state index contributed by atoms with van der Waals surface area (Å²) < 4.78 is 48.2. The first kappa shape index (κ1) is 39.4. The highest BCUT2D eigenvalue weighted by molar-refractivity contribution is 5.86. The van der Waals surface area contributed by atoms with Gasteiger partial charge in [0.15, 0.2) is 0 Å². The number of furan rings is 2. The Bertz CT molecular complexity index is 2210. The van der Waals surface area contributed by atoms with Crippen molar-refractivity contribution in [2.45, 2.75) is 27.1 Å². The summed E-state index contributed by atoms with van der Waals surface area (Å²) in [6, 6.07) is 29.7. The average molecular weight is 751 g/mol. The lowest BCUT2D eigenvalue weighted by Crippen LogP contribution is -1.99. The zero-order valence-corrected chi connectivity index (χ0v) is 31.6. The molecular weight excluding hydrogens is 708 g/mol. The second kappa shape index (κ2) is 18.3. The number of ether oxygens (including phenoxy) is 7. The van der Waals surface area contributed by atoms with Crippen LogP contribution in [-0.2, 0) is 18.0 Å². The van der Waals surface area contributed by atoms with Crippen molar-refractivity contribution in [1.29, 1.82) is 0 Å². The highest BCUT2D eigenvalue weighted by Gasteiger charge is 2.16. The Morgan fingerprint density at radius 2 is 0.927 bits per heavy atom. The molecule has 55 heavy (non-hydrogen) atoms. The van der Waals surface area contributed by atoms with E-state index in [1.165, 1.54) is 13.2 Å². The predicted octanol–water partition coefficient (Wildman–Crippen LogP) is 9.19. The van der Waals surface area contributed by atoms with Crippen LogP contribution in [0.4, 0.5) is 0 Å². The second-order valence-corrected chi connectivity index (χ2v) is 11.9. The van der Waals surface area contributed by atoms with Crippen molar-refractivity contribution >= 4 is 11.9 Å². The van der Waals surface area contributed by atoms with Gasteiger partial charge in [0.2, 0.25) is 11.5 Å². The number of aryl methyl sites for hydroxylation is 2. The van der Waals surface area contributed by atoms with Crippen LogP contribution < -0.4 is 28.4 Å². The largest absolute Gasteiger partial charge is 0.497 e. The number of rotatable bonds is 14. The molecule has 0 fully saturated rings. The zero-order chi connectivity index (χ0) is 39.5. The van der Waals surface area contributed by atoms with Crippen LogP contribution in [0.1, 0.15) is 43.8 Å². The fraction of sp³-hybridized carbons (Fsp3) is 0.209. The SMILES string of the molecule is COC(=O)c1cc(COc2ccc(-c3ccc(OC)cc3OC)cc2)c(C)o1.COc1ccc(-c2ccc(OCc3cc(C(=O)O)oc3C)cc2)c(OC)c1. The fourth-order valence-electron chi connectivity index (χ4n) is 5.49. The summed E-state index contributed by atoms with van der Waals surface area (Å²) in [6.45, 7) is 4.01. The van der Waals surface area contributed by atoms with Gasteiger partial charge in [0.05, 0.1) is 35.5 Å². The molecule has 0 aliphatic carbocycles. The molecule has 2 heterocycles. The van der Waals surface area contributed by atoms with E-state index in [0.717, 1.165) is 50.8 Å². The van der Waals surface area contributed by atoms with Crippen molar-refractivity contribution in [2.24, 2.45) is 0 Å². The Morgan fingerprint density at radius 1 is 0.527 bits per heavy atom. The molecular formula is C43H42O12. The Kier molecular flexibility index (Phi) is 13.1. The normalized spacial score (nSPS) is 10.5. The van der Waals surface area contributed by atoms with Crippen LogP contribution in [-0.4, -0.2) is 52.6 Å². The minimum absolute atomic E-state index is 0.0898. The van der Waals surface area contributed by atoms with E-state index in [4.69, 9.17) is 42.4 Å². The third-order valence-corrected chi connectivity index (χ3v) is 8.58. The standard InChI is InChI=1S/C22H22O6.C21H20O6/c1-14-16(11-21(28-14)22(23)26-4)13-27-17-7-5-15(6-8-17)19-10-9-18(24-2)12-20(19)25-3;1-13-15(10-20(27-13)21(22)23)12-26-16-6-4-14(5-7-16)18-9-8-17(24-2)11-19(18)25-3/h5-12H,13H2,1-4H3;4-11H,12H2,1-3H3,(H,22,23). The number of benzene rings is 4. The lowest BCUT2D eigenvalue weighted by Gasteiger charge is -2.11. The molecule has 0 unspecified atom stereocenters. The quantitative estimate of drug-likeness (QED) is 0.106. The number of carboxylic acid groups (broad SMARTS) is 1. The van der Waals surface area contributed by atoms with Crippen molar-refractivity contribution in [2.75, 3.05) is 35.5 Å². The van der Waals surface area contributed by atoms with E-state index in [2.05, 4.69) is 4.74 Å². The van der Waals surface area contributed by atoms with Gasteiger partial charge in [-0.05, 0) is 85.6 Å². The molecule has 2 aromatic heterocycles. The van der Waals surface area contributed by atoms with Crippen LogP contribution >= 0.6 is 0 Å². The lowest BCUT2D eigenvalue weighted by molar-refractivity contribution is 0.0563. The number of carboxylic acids is 1. The van der Waals surface area contributed by atoms with E-state index in [1.807, 2.05) is 84.9 Å². The molecule has 0 atom stereocenters. The Labute approximate surface area is 318 Å². The van der Waals surface area contributed by atoms with E-state index >= 15 is 0 Å². The van der Waals surface area contributed by atoms with E-state index in [-0.39, 0.29) is 24.7 Å². The minimum atomic E-state index is -1.10. The van der Waals surface area contributed by atoms with E-state index < -0.39 is 11.9 Å². The van der Waals surface area contributed by atoms with Gasteiger partial charge < -0.3 is 47.1 Å². The molecule has 6 rings (SSSR count). The third-order valence-electron chi connectivity index (χ3n) is 8.58. The van der Waals surface area contributed by atoms with Gasteiger partial charge in [-0.1, -0.05) is 24.3 Å². The molecule has 0 aliphatic rings. The number of carbonyl (C=O) groups excluding carboxylic acids is 1. The molecule has 4 aromatic carbocycles. The summed E-state index contributed by atoms with van der Waals surface area (Å²) in [6.07, 6.45) is 0. The van der Waals surface area contributed by atoms with Gasteiger partial charge in [-0.2, -0.15) is 0 Å². The summed E-state index contributed by atoms with van der Waals surface area (Å²) in [7, 11) is 7.80. The van der Waals surface area contributed by atoms with Crippen molar-refractivity contribution < 1.29 is 56.7 Å². The van der Waals surface area contributed by atoms with Gasteiger partial charge in [-0.25, -0.2) is 9.59 Å². The third kappa shape index (κ3) is 9.79. The molecule has 0 aliphatic heterocycles. The summed E-state index contributed by atoms with van der Waals surface area (Å²) in [4.78, 5) is 22.5. The molecule has 0 amide bonds. The average Bonchev–Trinajstić information content (AvgIpc) is 3.80. The van der Waals surface area contributed by atoms with E-state index in [0.29, 0.717) is 28.6 Å². The van der Waals surface area contributed by atoms with Crippen molar-refractivity contribution in [3.05, 3.63) is 131 Å². The molecule has 286 valence electrons. The predicted molar refractivity (Wildman–Crippen MR) is 204 cm³/mol. The fourth-order valence-corrected chi connectivity index (χ4v) is 5.49. The maximum atomic E-state index is 11.5. The first-order valence-electron chi connectivity index (χ1n) is 17.0. The molecule has 0 bridgehead atoms. The van der Waals surface area contributed by atoms with Crippen molar-refractivity contribution in [3.8, 4) is 56.8 Å². The molecule has 0 saturated carbocycles.